The molecule has 2 unspecified atom stereocenters. The van der Waals surface area contributed by atoms with E-state index in [-0.39, 0.29) is 17.2 Å². The molecule has 2 aliphatic rings. The van der Waals surface area contributed by atoms with E-state index in [2.05, 4.69) is 12.1 Å². The quantitative estimate of drug-likeness (QED) is 0.784. The maximum Gasteiger partial charge on any atom is 0.236 e. The van der Waals surface area contributed by atoms with Gasteiger partial charge in [0.05, 0.1) is 24.5 Å². The van der Waals surface area contributed by atoms with Gasteiger partial charge in [-0.05, 0) is 18.1 Å². The average Bonchev–Trinajstić information content (AvgIpc) is 2.90. The van der Waals surface area contributed by atoms with Crippen LogP contribution in [0, 0.1) is 0 Å². The standard InChI is InChI=1S/C14H16ClNO2S/c15-8-11-9-18-6-5-16(11)14(17)13-7-10-3-1-2-4-12(10)19-13/h1-4,11,13H,5-9H2. The number of rotatable bonds is 2. The van der Waals surface area contributed by atoms with Gasteiger partial charge in [-0.25, -0.2) is 0 Å². The highest BCUT2D eigenvalue weighted by atomic mass is 35.5. The second-order valence-corrected chi connectivity index (χ2v) is 6.39. The predicted molar refractivity (Wildman–Crippen MR) is 76.8 cm³/mol. The zero-order valence-corrected chi connectivity index (χ0v) is 12.1. The van der Waals surface area contributed by atoms with E-state index in [9.17, 15) is 4.79 Å². The highest BCUT2D eigenvalue weighted by molar-refractivity contribution is 8.01. The first-order chi connectivity index (χ1) is 9.29. The third kappa shape index (κ3) is 2.62. The molecule has 0 saturated carbocycles. The van der Waals surface area contributed by atoms with Crippen LogP contribution in [-0.2, 0) is 16.0 Å². The average molecular weight is 298 g/mol. The fourth-order valence-electron chi connectivity index (χ4n) is 2.58. The number of nitrogens with zero attached hydrogens (tertiary/aromatic N) is 1. The molecule has 102 valence electrons. The van der Waals surface area contributed by atoms with E-state index < -0.39 is 0 Å². The molecule has 0 radical (unpaired) electrons. The number of hydrogen-bond donors (Lipinski definition) is 0. The van der Waals surface area contributed by atoms with Crippen LogP contribution in [0.5, 0.6) is 0 Å². The van der Waals surface area contributed by atoms with E-state index in [4.69, 9.17) is 16.3 Å². The molecule has 2 atom stereocenters. The fourth-order valence-corrected chi connectivity index (χ4v) is 4.10. The number of thioether (sulfide) groups is 1. The summed E-state index contributed by atoms with van der Waals surface area (Å²) in [5, 5.41) is 0.00113. The fraction of sp³-hybridized carbons (Fsp3) is 0.500. The van der Waals surface area contributed by atoms with Crippen molar-refractivity contribution in [1.29, 1.82) is 0 Å². The van der Waals surface area contributed by atoms with Crippen LogP contribution in [0.4, 0.5) is 0 Å². The number of ether oxygens (including phenoxy) is 1. The molecular weight excluding hydrogens is 282 g/mol. The summed E-state index contributed by atoms with van der Waals surface area (Å²) in [7, 11) is 0. The Kier molecular flexibility index (Phi) is 4.01. The Morgan fingerprint density at radius 3 is 3.11 bits per heavy atom. The summed E-state index contributed by atoms with van der Waals surface area (Å²) in [6, 6.07) is 8.27. The van der Waals surface area contributed by atoms with Crippen LogP contribution in [0.15, 0.2) is 29.2 Å². The summed E-state index contributed by atoms with van der Waals surface area (Å²) in [5.74, 6) is 0.644. The van der Waals surface area contributed by atoms with Crippen LogP contribution >= 0.6 is 23.4 Å². The van der Waals surface area contributed by atoms with E-state index in [0.717, 1.165) is 6.42 Å². The molecule has 0 aliphatic carbocycles. The molecule has 1 aromatic carbocycles. The van der Waals surface area contributed by atoms with Gasteiger partial charge in [0.15, 0.2) is 0 Å². The maximum absolute atomic E-state index is 12.6. The lowest BCUT2D eigenvalue weighted by atomic mass is 10.1. The van der Waals surface area contributed by atoms with Crippen molar-refractivity contribution < 1.29 is 9.53 Å². The van der Waals surface area contributed by atoms with Gasteiger partial charge in [-0.15, -0.1) is 23.4 Å². The van der Waals surface area contributed by atoms with Crippen molar-refractivity contribution in [3.63, 3.8) is 0 Å². The molecule has 1 saturated heterocycles. The number of benzene rings is 1. The van der Waals surface area contributed by atoms with E-state index in [1.165, 1.54) is 10.5 Å². The number of alkyl halides is 1. The first-order valence-corrected chi connectivity index (χ1v) is 7.90. The van der Waals surface area contributed by atoms with Crippen molar-refractivity contribution >= 4 is 29.3 Å². The largest absolute Gasteiger partial charge is 0.377 e. The molecular formula is C14H16ClNO2S. The molecule has 1 aromatic rings. The third-order valence-electron chi connectivity index (χ3n) is 3.61. The van der Waals surface area contributed by atoms with Gasteiger partial charge in [-0.3, -0.25) is 4.79 Å². The summed E-state index contributed by atoms with van der Waals surface area (Å²) in [4.78, 5) is 15.8. The molecule has 19 heavy (non-hydrogen) atoms. The summed E-state index contributed by atoms with van der Waals surface area (Å²) < 4.78 is 5.39. The van der Waals surface area contributed by atoms with Crippen LogP contribution < -0.4 is 0 Å². The van der Waals surface area contributed by atoms with Crippen LogP contribution in [0.1, 0.15) is 5.56 Å². The van der Waals surface area contributed by atoms with Crippen molar-refractivity contribution in [3.05, 3.63) is 29.8 Å². The van der Waals surface area contributed by atoms with Crippen molar-refractivity contribution in [3.8, 4) is 0 Å². The summed E-state index contributed by atoms with van der Waals surface area (Å²) in [6.07, 6.45) is 0.825. The maximum atomic E-state index is 12.6. The van der Waals surface area contributed by atoms with Crippen molar-refractivity contribution in [2.24, 2.45) is 0 Å². The molecule has 2 aliphatic heterocycles. The van der Waals surface area contributed by atoms with Crippen molar-refractivity contribution in [1.82, 2.24) is 4.90 Å². The Bertz CT molecular complexity index is 457. The lowest BCUT2D eigenvalue weighted by Crippen LogP contribution is -2.52. The van der Waals surface area contributed by atoms with Crippen LogP contribution in [-0.4, -0.2) is 47.7 Å². The van der Waals surface area contributed by atoms with Gasteiger partial charge in [0.25, 0.3) is 0 Å². The minimum absolute atomic E-state index is 0.00113. The lowest BCUT2D eigenvalue weighted by Gasteiger charge is -2.35. The van der Waals surface area contributed by atoms with Crippen LogP contribution in [0.25, 0.3) is 0 Å². The van der Waals surface area contributed by atoms with Gasteiger partial charge in [0, 0.05) is 17.3 Å². The molecule has 0 bridgehead atoms. The van der Waals surface area contributed by atoms with Gasteiger partial charge >= 0.3 is 0 Å². The number of halogens is 1. The topological polar surface area (TPSA) is 29.5 Å². The zero-order chi connectivity index (χ0) is 13.2. The second-order valence-electron chi connectivity index (χ2n) is 4.83. The smallest absolute Gasteiger partial charge is 0.236 e. The Morgan fingerprint density at radius 2 is 2.32 bits per heavy atom. The Labute approximate surface area is 122 Å². The molecule has 1 fully saturated rings. The molecule has 0 N–H and O–H groups in total. The number of carbonyl (C=O) groups excluding carboxylic acids is 1. The molecule has 3 rings (SSSR count). The minimum Gasteiger partial charge on any atom is -0.377 e. The van der Waals surface area contributed by atoms with Gasteiger partial charge in [0.1, 0.15) is 0 Å². The monoisotopic (exact) mass is 297 g/mol. The normalized spacial score (nSPS) is 26.3. The van der Waals surface area contributed by atoms with Gasteiger partial charge in [-0.1, -0.05) is 18.2 Å². The van der Waals surface area contributed by atoms with E-state index in [1.807, 2.05) is 17.0 Å². The third-order valence-corrected chi connectivity index (χ3v) is 5.27. The summed E-state index contributed by atoms with van der Waals surface area (Å²) in [6.45, 7) is 1.83. The Morgan fingerprint density at radius 1 is 1.47 bits per heavy atom. The van der Waals surface area contributed by atoms with Gasteiger partial charge in [0.2, 0.25) is 5.91 Å². The van der Waals surface area contributed by atoms with Crippen molar-refractivity contribution in [2.75, 3.05) is 25.6 Å². The molecule has 0 spiro atoms. The lowest BCUT2D eigenvalue weighted by molar-refractivity contribution is -0.138. The highest BCUT2D eigenvalue weighted by Gasteiger charge is 2.35. The molecule has 5 heteroatoms. The van der Waals surface area contributed by atoms with E-state index in [1.54, 1.807) is 11.8 Å². The number of hydrogen-bond acceptors (Lipinski definition) is 3. The Balaban J connectivity index is 1.72. The number of fused-ring (bicyclic) bond motifs is 1. The predicted octanol–water partition coefficient (Wildman–Crippen LogP) is 2.17. The molecule has 1 amide bonds. The number of carbonyl (C=O) groups is 1. The van der Waals surface area contributed by atoms with Gasteiger partial charge < -0.3 is 9.64 Å². The Hall–Kier alpha value is -0.710. The summed E-state index contributed by atoms with van der Waals surface area (Å²) >= 11 is 7.61. The molecule has 2 heterocycles. The van der Waals surface area contributed by atoms with E-state index in [0.29, 0.717) is 25.6 Å². The van der Waals surface area contributed by atoms with Crippen LogP contribution in [0.3, 0.4) is 0 Å². The first kappa shape index (κ1) is 13.3. The SMILES string of the molecule is O=C(C1Cc2ccccc2S1)N1CCOCC1CCl. The minimum atomic E-state index is 0.00113. The van der Waals surface area contributed by atoms with Gasteiger partial charge in [-0.2, -0.15) is 0 Å². The van der Waals surface area contributed by atoms with Crippen molar-refractivity contribution in [2.45, 2.75) is 22.6 Å². The number of amides is 1. The zero-order valence-electron chi connectivity index (χ0n) is 10.5. The first-order valence-electron chi connectivity index (χ1n) is 6.48. The molecule has 3 nitrogen and oxygen atoms in total. The second kappa shape index (κ2) is 5.73. The molecule has 0 aromatic heterocycles. The van der Waals surface area contributed by atoms with Crippen LogP contribution in [0.2, 0.25) is 0 Å². The number of morpholine rings is 1. The summed E-state index contributed by atoms with van der Waals surface area (Å²) in [5.41, 5.74) is 1.28. The highest BCUT2D eigenvalue weighted by Crippen LogP contribution is 2.38. The van der Waals surface area contributed by atoms with E-state index >= 15 is 0 Å².